The average molecular weight is 205 g/mol. The van der Waals surface area contributed by atoms with Gasteiger partial charge in [-0.05, 0) is 0 Å². The van der Waals surface area contributed by atoms with E-state index in [1.165, 1.54) is 6.20 Å². The van der Waals surface area contributed by atoms with E-state index < -0.39 is 0 Å². The monoisotopic (exact) mass is 205 g/mol. The highest BCUT2D eigenvalue weighted by molar-refractivity contribution is 5.50. The molecule has 0 aliphatic carbocycles. The van der Waals surface area contributed by atoms with Crippen molar-refractivity contribution in [1.82, 2.24) is 15.4 Å². The molecule has 0 amide bonds. The van der Waals surface area contributed by atoms with Crippen LogP contribution >= 0.6 is 0 Å². The van der Waals surface area contributed by atoms with E-state index in [9.17, 15) is 0 Å². The summed E-state index contributed by atoms with van der Waals surface area (Å²) in [5, 5.41) is 1.80. The van der Waals surface area contributed by atoms with Gasteiger partial charge in [-0.2, -0.15) is 0 Å². The lowest BCUT2D eigenvalue weighted by Gasteiger charge is -2.36. The lowest BCUT2D eigenvalue weighted by Crippen LogP contribution is -2.48. The van der Waals surface area contributed by atoms with E-state index >= 15 is 0 Å². The average Bonchev–Trinajstić information content (AvgIpc) is 2.23. The first-order valence-corrected chi connectivity index (χ1v) is 4.88. The summed E-state index contributed by atoms with van der Waals surface area (Å²) in [6.07, 6.45) is 6.61. The van der Waals surface area contributed by atoms with Gasteiger partial charge in [-0.15, -0.1) is 0 Å². The maximum Gasteiger partial charge on any atom is 0.169 e. The zero-order valence-corrected chi connectivity index (χ0v) is 8.94. The van der Waals surface area contributed by atoms with Gasteiger partial charge in [-0.1, -0.05) is 13.8 Å². The van der Waals surface area contributed by atoms with E-state index in [1.54, 1.807) is 23.6 Å². The van der Waals surface area contributed by atoms with Gasteiger partial charge < -0.3 is 5.73 Å². The molecule has 0 radical (unpaired) electrons. The van der Waals surface area contributed by atoms with Crippen molar-refractivity contribution in [3.63, 3.8) is 0 Å². The SMILES string of the molecule is CC1(C)CNN(/C=C\N)c2nccnc21. The topological polar surface area (TPSA) is 67.1 Å². The van der Waals surface area contributed by atoms with E-state index in [0.29, 0.717) is 0 Å². The molecule has 0 saturated carbocycles. The first-order chi connectivity index (χ1) is 7.15. The third kappa shape index (κ3) is 1.66. The minimum atomic E-state index is -0.0114. The lowest BCUT2D eigenvalue weighted by molar-refractivity contribution is 0.430. The predicted molar refractivity (Wildman–Crippen MR) is 58.9 cm³/mol. The number of anilines is 1. The summed E-state index contributed by atoms with van der Waals surface area (Å²) in [5.41, 5.74) is 9.58. The van der Waals surface area contributed by atoms with Crippen molar-refractivity contribution < 1.29 is 0 Å². The van der Waals surface area contributed by atoms with Crippen molar-refractivity contribution in [3.8, 4) is 0 Å². The second-order valence-corrected chi connectivity index (χ2v) is 4.16. The maximum atomic E-state index is 5.37. The molecule has 1 aromatic heterocycles. The van der Waals surface area contributed by atoms with Crippen LogP contribution in [0.2, 0.25) is 0 Å². The number of nitrogens with one attached hydrogen (secondary N) is 1. The highest BCUT2D eigenvalue weighted by atomic mass is 15.5. The van der Waals surface area contributed by atoms with Crippen molar-refractivity contribution in [1.29, 1.82) is 0 Å². The van der Waals surface area contributed by atoms with Crippen molar-refractivity contribution in [2.75, 3.05) is 11.6 Å². The van der Waals surface area contributed by atoms with Gasteiger partial charge >= 0.3 is 0 Å². The Bertz CT molecular complexity index is 385. The summed E-state index contributed by atoms with van der Waals surface area (Å²) in [7, 11) is 0. The highest BCUT2D eigenvalue weighted by Crippen LogP contribution is 2.31. The summed E-state index contributed by atoms with van der Waals surface area (Å²) in [5.74, 6) is 0.815. The fraction of sp³-hybridized carbons (Fsp3) is 0.400. The molecule has 0 aromatic carbocycles. The molecule has 0 unspecified atom stereocenters. The first kappa shape index (κ1) is 9.92. The molecule has 15 heavy (non-hydrogen) atoms. The van der Waals surface area contributed by atoms with Crippen LogP contribution in [0.25, 0.3) is 0 Å². The van der Waals surface area contributed by atoms with Gasteiger partial charge in [0.15, 0.2) is 5.82 Å². The first-order valence-electron chi connectivity index (χ1n) is 4.88. The number of nitrogens with two attached hydrogens (primary N) is 1. The molecule has 0 spiro atoms. The molecule has 80 valence electrons. The van der Waals surface area contributed by atoms with Gasteiger partial charge in [-0.3, -0.25) is 9.99 Å². The Kier molecular flexibility index (Phi) is 2.32. The molecule has 0 saturated heterocycles. The predicted octanol–water partition coefficient (Wildman–Crippen LogP) is 0.509. The lowest BCUT2D eigenvalue weighted by atomic mass is 9.87. The molecular weight excluding hydrogens is 190 g/mol. The molecule has 1 aliphatic heterocycles. The van der Waals surface area contributed by atoms with Crippen LogP contribution in [0, 0.1) is 0 Å². The van der Waals surface area contributed by atoms with Crippen LogP contribution in [-0.4, -0.2) is 16.5 Å². The number of nitrogens with zero attached hydrogens (tertiary/aromatic N) is 3. The number of aromatic nitrogens is 2. The Morgan fingerprint density at radius 1 is 1.47 bits per heavy atom. The summed E-state index contributed by atoms with van der Waals surface area (Å²) in [6, 6.07) is 0. The zero-order chi connectivity index (χ0) is 10.9. The fourth-order valence-electron chi connectivity index (χ4n) is 1.64. The number of hydrogen-bond acceptors (Lipinski definition) is 5. The molecule has 5 heteroatoms. The fourth-order valence-corrected chi connectivity index (χ4v) is 1.64. The molecule has 2 rings (SSSR count). The van der Waals surface area contributed by atoms with Crippen molar-refractivity contribution in [2.45, 2.75) is 19.3 Å². The number of fused-ring (bicyclic) bond motifs is 1. The maximum absolute atomic E-state index is 5.37. The number of hydrazine groups is 1. The summed E-state index contributed by atoms with van der Waals surface area (Å²) in [4.78, 5) is 8.69. The Morgan fingerprint density at radius 3 is 2.93 bits per heavy atom. The third-order valence-electron chi connectivity index (χ3n) is 2.47. The molecular formula is C10H15N5. The van der Waals surface area contributed by atoms with Gasteiger partial charge in [0.2, 0.25) is 0 Å². The van der Waals surface area contributed by atoms with Gasteiger partial charge in [-0.25, -0.2) is 10.4 Å². The van der Waals surface area contributed by atoms with Gasteiger partial charge in [0.1, 0.15) is 0 Å². The van der Waals surface area contributed by atoms with Crippen molar-refractivity contribution in [2.24, 2.45) is 5.73 Å². The Hall–Kier alpha value is -1.62. The highest BCUT2D eigenvalue weighted by Gasteiger charge is 2.32. The molecule has 1 aliphatic rings. The minimum Gasteiger partial charge on any atom is -0.403 e. The van der Waals surface area contributed by atoms with Crippen LogP contribution < -0.4 is 16.2 Å². The van der Waals surface area contributed by atoms with E-state index in [4.69, 9.17) is 5.73 Å². The molecule has 0 bridgehead atoms. The normalized spacial score (nSPS) is 19.2. The molecule has 3 N–H and O–H groups in total. The van der Waals surface area contributed by atoms with Gasteiger partial charge in [0, 0.05) is 36.8 Å². The smallest absolute Gasteiger partial charge is 0.169 e. The van der Waals surface area contributed by atoms with E-state index in [2.05, 4.69) is 29.2 Å². The molecule has 1 aromatic rings. The summed E-state index contributed by atoms with van der Waals surface area (Å²) < 4.78 is 0. The molecule has 0 fully saturated rings. The molecule has 0 atom stereocenters. The largest absolute Gasteiger partial charge is 0.403 e. The summed E-state index contributed by atoms with van der Waals surface area (Å²) in [6.45, 7) is 5.08. The molecule has 2 heterocycles. The van der Waals surface area contributed by atoms with E-state index in [0.717, 1.165) is 18.1 Å². The van der Waals surface area contributed by atoms with Gasteiger partial charge in [0.25, 0.3) is 0 Å². The van der Waals surface area contributed by atoms with E-state index in [-0.39, 0.29) is 5.41 Å². The van der Waals surface area contributed by atoms with Crippen LogP contribution in [0.15, 0.2) is 24.8 Å². The number of hydrogen-bond donors (Lipinski definition) is 2. The summed E-state index contributed by atoms with van der Waals surface area (Å²) >= 11 is 0. The van der Waals surface area contributed by atoms with Crippen LogP contribution in [0.1, 0.15) is 19.5 Å². The number of rotatable bonds is 1. The van der Waals surface area contributed by atoms with Crippen LogP contribution in [-0.2, 0) is 5.41 Å². The molecule has 5 nitrogen and oxygen atoms in total. The van der Waals surface area contributed by atoms with Crippen molar-refractivity contribution in [3.05, 3.63) is 30.5 Å². The Labute approximate surface area is 89.0 Å². The van der Waals surface area contributed by atoms with E-state index in [1.807, 2.05) is 0 Å². The van der Waals surface area contributed by atoms with Crippen molar-refractivity contribution >= 4 is 5.82 Å². The second kappa shape index (κ2) is 3.51. The second-order valence-electron chi connectivity index (χ2n) is 4.16. The van der Waals surface area contributed by atoms with Gasteiger partial charge in [0.05, 0.1) is 5.69 Å². The van der Waals surface area contributed by atoms with Crippen LogP contribution in [0.5, 0.6) is 0 Å². The van der Waals surface area contributed by atoms with Crippen LogP contribution in [0.4, 0.5) is 5.82 Å². The Balaban J connectivity index is 2.48. The Morgan fingerprint density at radius 2 is 2.20 bits per heavy atom. The quantitative estimate of drug-likeness (QED) is 0.699. The van der Waals surface area contributed by atoms with Crippen LogP contribution in [0.3, 0.4) is 0 Å². The third-order valence-corrected chi connectivity index (χ3v) is 2.47. The minimum absolute atomic E-state index is 0.0114. The standard InChI is InChI=1S/C10H15N5/c1-10(2)7-14-15(6-3-11)9-8(10)12-4-5-13-9/h3-6,14H,7,11H2,1-2H3/b6-3-. The zero-order valence-electron chi connectivity index (χ0n) is 8.94.